The maximum absolute atomic E-state index is 12.4. The Balaban J connectivity index is 1.22. The van der Waals surface area contributed by atoms with E-state index in [-0.39, 0.29) is 30.9 Å². The molecule has 0 saturated carbocycles. The lowest BCUT2D eigenvalue weighted by Crippen LogP contribution is -2.32. The number of carbonyl (C=O) groups is 2. The van der Waals surface area contributed by atoms with E-state index in [1.807, 2.05) is 60.7 Å². The molecule has 0 aliphatic carbocycles. The van der Waals surface area contributed by atoms with Gasteiger partial charge in [0.15, 0.2) is 5.44 Å². The van der Waals surface area contributed by atoms with Gasteiger partial charge in [0, 0.05) is 17.1 Å². The molecule has 1 unspecified atom stereocenters. The highest BCUT2D eigenvalue weighted by atomic mass is 32.2. The number of para-hydroxylation sites is 1. The fourth-order valence-corrected chi connectivity index (χ4v) is 3.80. The van der Waals surface area contributed by atoms with Gasteiger partial charge in [0.1, 0.15) is 6.61 Å². The van der Waals surface area contributed by atoms with Crippen LogP contribution in [0.15, 0.2) is 72.0 Å². The summed E-state index contributed by atoms with van der Waals surface area (Å²) < 4.78 is 5.50. The van der Waals surface area contributed by atoms with Gasteiger partial charge in [-0.15, -0.1) is 0 Å². The van der Waals surface area contributed by atoms with Crippen LogP contribution in [-0.2, 0) is 20.9 Å². The summed E-state index contributed by atoms with van der Waals surface area (Å²) in [5.74, 6) is -0.348. The molecule has 30 heavy (non-hydrogen) atoms. The molecule has 2 amide bonds. The van der Waals surface area contributed by atoms with E-state index in [2.05, 4.69) is 10.1 Å². The van der Waals surface area contributed by atoms with Crippen LogP contribution in [0.25, 0.3) is 10.9 Å². The standard InChI is InChI=1S/C22H19N3O4S/c26-20-21(30-22(27)25(20)15-16-6-2-1-3-7-16)28-10-11-29-24-14-17-12-18-8-4-5-9-19(18)23-13-17/h1-9,12-14,21H,10-11,15H2. The van der Waals surface area contributed by atoms with Crippen molar-refractivity contribution >= 4 is 40.0 Å². The largest absolute Gasteiger partial charge is 0.393 e. The summed E-state index contributed by atoms with van der Waals surface area (Å²) in [5, 5.41) is 4.61. The van der Waals surface area contributed by atoms with E-state index < -0.39 is 5.44 Å². The Hall–Kier alpha value is -3.23. The molecule has 0 N–H and O–H groups in total. The summed E-state index contributed by atoms with van der Waals surface area (Å²) in [6.45, 7) is 0.545. The number of thioether (sulfide) groups is 1. The average molecular weight is 421 g/mol. The van der Waals surface area contributed by atoms with Crippen molar-refractivity contribution in [2.75, 3.05) is 13.2 Å². The molecule has 1 fully saturated rings. The lowest BCUT2D eigenvalue weighted by Gasteiger charge is -2.13. The molecule has 8 heteroatoms. The van der Waals surface area contributed by atoms with Gasteiger partial charge in [-0.05, 0) is 29.5 Å². The minimum Gasteiger partial charge on any atom is -0.393 e. The van der Waals surface area contributed by atoms with Crippen molar-refractivity contribution in [3.05, 3.63) is 78.0 Å². The first-order chi connectivity index (χ1) is 14.7. The molecule has 1 atom stereocenters. The van der Waals surface area contributed by atoms with Crippen molar-refractivity contribution in [3.63, 3.8) is 0 Å². The van der Waals surface area contributed by atoms with E-state index in [9.17, 15) is 9.59 Å². The molecule has 152 valence electrons. The molecule has 1 aliphatic heterocycles. The van der Waals surface area contributed by atoms with Crippen LogP contribution in [0, 0.1) is 0 Å². The lowest BCUT2D eigenvalue weighted by atomic mass is 10.2. The van der Waals surface area contributed by atoms with Crippen LogP contribution in [0.2, 0.25) is 0 Å². The second kappa shape index (κ2) is 9.51. The van der Waals surface area contributed by atoms with Gasteiger partial charge in [-0.25, -0.2) is 0 Å². The number of benzene rings is 2. The number of fused-ring (bicyclic) bond motifs is 1. The molecule has 0 spiro atoms. The Morgan fingerprint density at radius 1 is 1.07 bits per heavy atom. The number of ether oxygens (including phenoxy) is 1. The maximum atomic E-state index is 12.4. The molecule has 2 heterocycles. The van der Waals surface area contributed by atoms with Crippen LogP contribution in [0.5, 0.6) is 0 Å². The number of rotatable bonds is 8. The Morgan fingerprint density at radius 3 is 2.73 bits per heavy atom. The number of nitrogens with zero attached hydrogens (tertiary/aromatic N) is 3. The van der Waals surface area contributed by atoms with Crippen molar-refractivity contribution < 1.29 is 19.2 Å². The van der Waals surface area contributed by atoms with E-state index in [1.165, 1.54) is 4.90 Å². The second-order valence-electron chi connectivity index (χ2n) is 6.53. The predicted octanol–water partition coefficient (Wildman–Crippen LogP) is 3.82. The quantitative estimate of drug-likeness (QED) is 0.312. The first-order valence-corrected chi connectivity index (χ1v) is 10.3. The number of pyridine rings is 1. The molecule has 0 bridgehead atoms. The highest BCUT2D eigenvalue weighted by molar-refractivity contribution is 8.15. The zero-order valence-corrected chi connectivity index (χ0v) is 16.8. The average Bonchev–Trinajstić information content (AvgIpc) is 3.04. The van der Waals surface area contributed by atoms with Crippen LogP contribution in [-0.4, -0.2) is 45.9 Å². The minimum absolute atomic E-state index is 0.142. The lowest BCUT2D eigenvalue weighted by molar-refractivity contribution is -0.134. The van der Waals surface area contributed by atoms with Crippen LogP contribution in [0.1, 0.15) is 11.1 Å². The van der Waals surface area contributed by atoms with Gasteiger partial charge in [0.25, 0.3) is 11.1 Å². The molecular weight excluding hydrogens is 402 g/mol. The summed E-state index contributed by atoms with van der Waals surface area (Å²) in [6.07, 6.45) is 3.28. The van der Waals surface area contributed by atoms with Crippen LogP contribution < -0.4 is 0 Å². The maximum Gasteiger partial charge on any atom is 0.291 e. The number of hydrogen-bond acceptors (Lipinski definition) is 7. The molecule has 3 aromatic rings. The fraction of sp³-hybridized carbons (Fsp3) is 0.182. The molecule has 0 radical (unpaired) electrons. The van der Waals surface area contributed by atoms with Crippen molar-refractivity contribution in [2.24, 2.45) is 5.16 Å². The smallest absolute Gasteiger partial charge is 0.291 e. The molecule has 2 aromatic carbocycles. The SMILES string of the molecule is O=C1SC(OCCON=Cc2cnc3ccccc3c2)C(=O)N1Cc1ccccc1. The van der Waals surface area contributed by atoms with E-state index in [4.69, 9.17) is 9.57 Å². The van der Waals surface area contributed by atoms with Crippen LogP contribution in [0.3, 0.4) is 0 Å². The monoisotopic (exact) mass is 421 g/mol. The summed E-state index contributed by atoms with van der Waals surface area (Å²) in [4.78, 5) is 35.3. The normalized spacial score (nSPS) is 16.7. The number of aromatic nitrogens is 1. The van der Waals surface area contributed by atoms with Gasteiger partial charge in [-0.2, -0.15) is 0 Å². The number of imide groups is 1. The third-order valence-electron chi connectivity index (χ3n) is 4.41. The Labute approximate surface area is 177 Å². The summed E-state index contributed by atoms with van der Waals surface area (Å²) >= 11 is 0.876. The third kappa shape index (κ3) is 4.84. The Kier molecular flexibility index (Phi) is 6.36. The molecule has 1 saturated heterocycles. The van der Waals surface area contributed by atoms with Gasteiger partial charge in [0.05, 0.1) is 24.9 Å². The van der Waals surface area contributed by atoms with Crippen molar-refractivity contribution in [1.29, 1.82) is 0 Å². The van der Waals surface area contributed by atoms with Gasteiger partial charge >= 0.3 is 0 Å². The van der Waals surface area contributed by atoms with Gasteiger partial charge in [-0.1, -0.05) is 53.7 Å². The summed E-state index contributed by atoms with van der Waals surface area (Å²) in [6, 6.07) is 19.1. The number of hydrogen-bond donors (Lipinski definition) is 0. The topological polar surface area (TPSA) is 81.1 Å². The van der Waals surface area contributed by atoms with Crippen molar-refractivity contribution in [3.8, 4) is 0 Å². The van der Waals surface area contributed by atoms with Crippen LogP contribution >= 0.6 is 11.8 Å². The van der Waals surface area contributed by atoms with E-state index >= 15 is 0 Å². The summed E-state index contributed by atoms with van der Waals surface area (Å²) in [7, 11) is 0. The van der Waals surface area contributed by atoms with Gasteiger partial charge in [0.2, 0.25) is 0 Å². The van der Waals surface area contributed by atoms with Crippen LogP contribution in [0.4, 0.5) is 4.79 Å². The molecule has 4 rings (SSSR count). The summed E-state index contributed by atoms with van der Waals surface area (Å²) in [5.41, 5.74) is 1.77. The van der Waals surface area contributed by atoms with E-state index in [0.29, 0.717) is 0 Å². The van der Waals surface area contributed by atoms with E-state index in [1.54, 1.807) is 12.4 Å². The first-order valence-electron chi connectivity index (χ1n) is 9.38. The van der Waals surface area contributed by atoms with Crippen molar-refractivity contribution in [1.82, 2.24) is 9.88 Å². The van der Waals surface area contributed by atoms with Gasteiger partial charge < -0.3 is 9.57 Å². The predicted molar refractivity (Wildman–Crippen MR) is 115 cm³/mol. The number of carbonyl (C=O) groups excluding carboxylic acids is 2. The molecule has 1 aliphatic rings. The second-order valence-corrected chi connectivity index (χ2v) is 7.54. The van der Waals surface area contributed by atoms with Crippen molar-refractivity contribution in [2.45, 2.75) is 12.0 Å². The zero-order chi connectivity index (χ0) is 20.8. The number of amides is 2. The first kappa shape index (κ1) is 20.1. The van der Waals surface area contributed by atoms with Gasteiger partial charge in [-0.3, -0.25) is 19.5 Å². The number of oxime groups is 1. The Morgan fingerprint density at radius 2 is 1.87 bits per heavy atom. The minimum atomic E-state index is -0.849. The molecular formula is C22H19N3O4S. The van der Waals surface area contributed by atoms with E-state index in [0.717, 1.165) is 33.8 Å². The zero-order valence-electron chi connectivity index (χ0n) is 16.0. The highest BCUT2D eigenvalue weighted by Gasteiger charge is 2.40. The Bertz CT molecular complexity index is 1070. The molecule has 1 aromatic heterocycles. The molecule has 7 nitrogen and oxygen atoms in total. The highest BCUT2D eigenvalue weighted by Crippen LogP contribution is 2.29. The third-order valence-corrected chi connectivity index (χ3v) is 5.39. The fourth-order valence-electron chi connectivity index (χ4n) is 2.94.